The fourth-order valence-electron chi connectivity index (χ4n) is 8.71. The Labute approximate surface area is 419 Å². The number of nitrogens with two attached hydrogens (primary N) is 1. The molecule has 3 aliphatic rings. The maximum Gasteiger partial charge on any atom is 0.490 e. The molecular formula is C35H51N12O24P4+. The molecule has 40 heteroatoms. The third kappa shape index (κ3) is 11.8. The molecule has 0 aliphatic carbocycles. The molecule has 5 aromatic rings. The van der Waals surface area contributed by atoms with Gasteiger partial charge in [-0.1, -0.05) is 4.98 Å². The van der Waals surface area contributed by atoms with Gasteiger partial charge in [-0.25, -0.2) is 38.0 Å². The van der Waals surface area contributed by atoms with Crippen molar-refractivity contribution in [2.75, 3.05) is 58.2 Å². The number of anilines is 2. The minimum absolute atomic E-state index is 0.00377. The Morgan fingerprint density at radius 3 is 2.13 bits per heavy atom. The minimum Gasteiger partial charge on any atom is -0.387 e. The van der Waals surface area contributed by atoms with E-state index in [-0.39, 0.29) is 40.7 Å². The minimum atomic E-state index is -6.19. The molecular weight excluding hydrogens is 1100 g/mol. The zero-order valence-electron chi connectivity index (χ0n) is 39.4. The number of ether oxygens (including phenoxy) is 5. The molecule has 36 nitrogen and oxygen atoms in total. The Hall–Kier alpha value is -4.58. The smallest absolute Gasteiger partial charge is 0.387 e. The Morgan fingerprint density at radius 2 is 1.48 bits per heavy atom. The number of H-pyrrole nitrogens is 2. The summed E-state index contributed by atoms with van der Waals surface area (Å²) in [6, 6.07) is 0.929. The molecule has 0 spiro atoms. The number of hydrogen-bond acceptors (Lipinski definition) is 26. The molecule has 8 heterocycles. The average Bonchev–Trinajstić information content (AvgIpc) is 4.13. The third-order valence-corrected chi connectivity index (χ3v) is 18.1. The molecule has 8 rings (SSSR count). The van der Waals surface area contributed by atoms with Gasteiger partial charge in [0, 0.05) is 38.9 Å². The van der Waals surface area contributed by atoms with Crippen molar-refractivity contribution in [3.05, 3.63) is 62.4 Å². The average molecular weight is 1150 g/mol. The van der Waals surface area contributed by atoms with Crippen LogP contribution in [-0.4, -0.2) is 174 Å². The van der Waals surface area contributed by atoms with Crippen LogP contribution in [-0.2, 0) is 71.2 Å². The normalized spacial score (nSPS) is 30.3. The van der Waals surface area contributed by atoms with Crippen LogP contribution in [0.25, 0.3) is 22.3 Å². The van der Waals surface area contributed by atoms with Crippen LogP contribution >= 0.6 is 31.1 Å². The number of fused-ring (bicyclic) bond motifs is 2. The van der Waals surface area contributed by atoms with E-state index in [1.54, 1.807) is 6.92 Å². The molecule has 12 N–H and O–H groups in total. The summed E-state index contributed by atoms with van der Waals surface area (Å²) in [5, 5.41) is 35.7. The van der Waals surface area contributed by atoms with Gasteiger partial charge in [-0.15, -0.1) is 0 Å². The number of rotatable bonds is 22. The number of aliphatic hydroxyl groups is 3. The lowest BCUT2D eigenvalue weighted by Gasteiger charge is -2.28. The zero-order chi connectivity index (χ0) is 54.5. The second-order valence-electron chi connectivity index (χ2n) is 16.8. The Bertz CT molecular complexity index is 3280. The predicted octanol–water partition coefficient (Wildman–Crippen LogP) is -3.06. The molecule has 75 heavy (non-hydrogen) atoms. The number of aryl methyl sites for hydroxylation is 1. The van der Waals surface area contributed by atoms with Gasteiger partial charge in [-0.3, -0.25) is 46.9 Å². The molecule has 3 aliphatic heterocycles. The van der Waals surface area contributed by atoms with E-state index in [0.29, 0.717) is 6.54 Å². The number of phosphoric ester groups is 2. The van der Waals surface area contributed by atoms with Gasteiger partial charge in [-0.2, -0.15) is 8.62 Å². The van der Waals surface area contributed by atoms with Crippen LogP contribution in [0.4, 0.5) is 11.8 Å². The van der Waals surface area contributed by atoms with Gasteiger partial charge in [-0.05, 0) is 6.92 Å². The Kier molecular flexibility index (Phi) is 16.6. The lowest BCUT2D eigenvalue weighted by molar-refractivity contribution is -0.745. The summed E-state index contributed by atoms with van der Waals surface area (Å²) in [6.45, 7) is -1.32. The molecule has 16 atom stereocenters. The summed E-state index contributed by atoms with van der Waals surface area (Å²) >= 11 is 0. The highest BCUT2D eigenvalue weighted by Gasteiger charge is 2.58. The summed E-state index contributed by atoms with van der Waals surface area (Å²) in [6.07, 6.45) is -11.5. The van der Waals surface area contributed by atoms with Crippen LogP contribution in [0.5, 0.6) is 0 Å². The van der Waals surface area contributed by atoms with E-state index in [4.69, 9.17) is 43.0 Å². The fourth-order valence-corrected chi connectivity index (χ4v) is 14.0. The summed E-state index contributed by atoms with van der Waals surface area (Å²) < 4.78 is 111. The predicted molar refractivity (Wildman–Crippen MR) is 246 cm³/mol. The highest BCUT2D eigenvalue weighted by Crippen LogP contribution is 2.68. The Balaban J connectivity index is 0.956. The first-order valence-electron chi connectivity index (χ1n) is 22.0. The van der Waals surface area contributed by atoms with Crippen LogP contribution in [0.3, 0.4) is 0 Å². The monoisotopic (exact) mass is 1150 g/mol. The van der Waals surface area contributed by atoms with Crippen LogP contribution in [0.2, 0.25) is 0 Å². The SMILES string of the molecule is CCNc1nc2c(c(=O)[nH]1)n(C)c[n+]2C1O[C@H](COP(=O)(O)OP(=O)(O)OP(=O)(O)OCC2O[C@@H](n3cnc4c(N)ncnc43)[C@H](OC)[C@@H]2P(=O)(O)OC[C@H]2O[C@@H](n3ccc(=O)[nH]c3=O)[C@H](O)[C@@H]2O)[C@@H](COC)[C@H]1O. The molecule has 3 fully saturated rings. The number of phosphoric acid groups is 3. The van der Waals surface area contributed by atoms with Gasteiger partial charge in [0.05, 0.1) is 45.9 Å². The molecule has 414 valence electrons. The molecule has 3 saturated heterocycles. The van der Waals surface area contributed by atoms with Gasteiger partial charge < -0.3 is 74.2 Å². The largest absolute Gasteiger partial charge is 0.490 e. The molecule has 6 unspecified atom stereocenters. The molecule has 0 radical (unpaired) electrons. The second kappa shape index (κ2) is 22.0. The van der Waals surface area contributed by atoms with Gasteiger partial charge in [0.1, 0.15) is 54.1 Å². The van der Waals surface area contributed by atoms with E-state index < -0.39 is 141 Å². The number of nitrogens with zero attached hydrogens (tertiary/aromatic N) is 8. The first kappa shape index (κ1) is 56.6. The maximum absolute atomic E-state index is 14.3. The van der Waals surface area contributed by atoms with Crippen molar-refractivity contribution in [3.63, 3.8) is 0 Å². The number of aromatic nitrogens is 10. The Morgan fingerprint density at radius 1 is 0.813 bits per heavy atom. The second-order valence-corrected chi connectivity index (χ2v) is 23.5. The molecule has 0 saturated carbocycles. The van der Waals surface area contributed by atoms with Crippen molar-refractivity contribution in [1.82, 2.24) is 43.6 Å². The standard InChI is InChI=1S/C35H50N12O24P4/c1-5-37-34-42-29-21(30(52)43-34)44(2)14-47(29)31-22(49)15(8-62-3)16(67-31)9-65-73(56,57)70-75(60,61)71-74(58,59)66-11-18-26(25(63-4)33(69-18)46-13-40-20-27(36)38-12-39-28(20)46)72(54,55)64-10-17-23(50)24(51)32(68-17)45-7-6-19(48)41-35(45)53/h6-7,12-18,22-26,31-33,49-51H,5,8-11H2,1-4H3,(H8-,36,37,38,39,41,42,43,48,52,53,54,55,56,57,58,59,60,61)/p+1/t15-,16-,17-,18?,22-,23-,24-,25-,26-,31?,32-,33-/m1/s1. The highest BCUT2D eigenvalue weighted by atomic mass is 31.3. The molecule has 0 amide bonds. The van der Waals surface area contributed by atoms with Gasteiger partial charge >= 0.3 is 42.4 Å². The van der Waals surface area contributed by atoms with Gasteiger partial charge in [0.25, 0.3) is 17.1 Å². The number of aliphatic hydroxyl groups excluding tert-OH is 3. The van der Waals surface area contributed by atoms with Crippen molar-refractivity contribution < 1.29 is 104 Å². The van der Waals surface area contributed by atoms with Crippen molar-refractivity contribution in [2.45, 2.75) is 74.0 Å². The van der Waals surface area contributed by atoms with E-state index >= 15 is 0 Å². The number of nitrogens with one attached hydrogen (secondary N) is 3. The number of imidazole rings is 2. The summed E-state index contributed by atoms with van der Waals surface area (Å²) in [7, 11) is -19.4. The van der Waals surface area contributed by atoms with Crippen LogP contribution in [0.15, 0.2) is 45.6 Å². The topological polar surface area (TPSA) is 493 Å². The first-order chi connectivity index (χ1) is 35.3. The van der Waals surface area contributed by atoms with Crippen molar-refractivity contribution in [2.24, 2.45) is 13.0 Å². The van der Waals surface area contributed by atoms with Gasteiger partial charge in [0.15, 0.2) is 30.2 Å². The summed E-state index contributed by atoms with van der Waals surface area (Å²) in [5.74, 6) is -1.01. The van der Waals surface area contributed by atoms with E-state index in [1.165, 1.54) is 34.2 Å². The first-order valence-corrected chi connectivity index (χ1v) is 28.1. The van der Waals surface area contributed by atoms with Crippen LogP contribution < -0.4 is 32.4 Å². The molecule has 0 aromatic carbocycles. The van der Waals surface area contributed by atoms with Gasteiger partial charge in [0.2, 0.25) is 11.7 Å². The van der Waals surface area contributed by atoms with E-state index in [0.717, 1.165) is 36.6 Å². The number of hydrogen-bond donors (Lipinski definition) is 11. The van der Waals surface area contributed by atoms with E-state index in [2.05, 4.69) is 38.9 Å². The summed E-state index contributed by atoms with van der Waals surface area (Å²) in [5.41, 5.74) is 1.82. The lowest BCUT2D eigenvalue weighted by Crippen LogP contribution is -2.45. The molecule has 5 aromatic heterocycles. The van der Waals surface area contributed by atoms with Crippen molar-refractivity contribution >= 4 is 65.2 Å². The highest BCUT2D eigenvalue weighted by molar-refractivity contribution is 7.66. The van der Waals surface area contributed by atoms with Crippen LogP contribution in [0, 0.1) is 5.92 Å². The quantitative estimate of drug-likeness (QED) is 0.0242. The lowest BCUT2D eigenvalue weighted by atomic mass is 9.99. The number of nitrogen functional groups attached to an aromatic ring is 1. The summed E-state index contributed by atoms with van der Waals surface area (Å²) in [4.78, 5) is 101. The fraction of sp³-hybridized carbons (Fsp3) is 0.600. The van der Waals surface area contributed by atoms with Crippen molar-refractivity contribution in [1.29, 1.82) is 0 Å². The maximum atomic E-state index is 14.3. The third-order valence-electron chi connectivity index (χ3n) is 12.0. The van der Waals surface area contributed by atoms with E-state index in [1.807, 2.05) is 4.98 Å². The molecule has 0 bridgehead atoms. The number of aromatic amines is 2. The van der Waals surface area contributed by atoms with Crippen molar-refractivity contribution in [3.8, 4) is 0 Å². The van der Waals surface area contributed by atoms with Crippen LogP contribution in [0.1, 0.15) is 25.6 Å². The van der Waals surface area contributed by atoms with E-state index in [9.17, 15) is 67.5 Å². The zero-order valence-corrected chi connectivity index (χ0v) is 42.9. The number of methoxy groups -OCH3 is 2.